The highest BCUT2D eigenvalue weighted by Crippen LogP contribution is 2.17. The van der Waals surface area contributed by atoms with Gasteiger partial charge in [0.15, 0.2) is 5.13 Å². The largest absolute Gasteiger partial charge is 0.365 e. The highest BCUT2D eigenvalue weighted by molar-refractivity contribution is 7.13. The third-order valence-corrected chi connectivity index (χ3v) is 3.51. The number of aryl methyl sites for hydroxylation is 2. The van der Waals surface area contributed by atoms with Crippen LogP contribution in [0.1, 0.15) is 11.3 Å². The zero-order valence-corrected chi connectivity index (χ0v) is 10.6. The van der Waals surface area contributed by atoms with Crippen molar-refractivity contribution in [3.63, 3.8) is 0 Å². The summed E-state index contributed by atoms with van der Waals surface area (Å²) < 4.78 is 0. The molecule has 0 bridgehead atoms. The number of nitrogens with zero attached hydrogens (tertiary/aromatic N) is 1. The molecule has 1 aromatic carbocycles. The van der Waals surface area contributed by atoms with E-state index < -0.39 is 0 Å². The lowest BCUT2D eigenvalue weighted by Crippen LogP contribution is -1.92. The van der Waals surface area contributed by atoms with Gasteiger partial charge in [-0.1, -0.05) is 23.7 Å². The molecule has 0 atom stereocenters. The Hall–Kier alpha value is -1.06. The molecule has 1 heterocycles. The van der Waals surface area contributed by atoms with Crippen LogP contribution in [0.3, 0.4) is 0 Å². The summed E-state index contributed by atoms with van der Waals surface area (Å²) in [5.74, 6) is 0. The van der Waals surface area contributed by atoms with Gasteiger partial charge >= 0.3 is 0 Å². The molecular weight excluding hydrogens is 240 g/mol. The maximum Gasteiger partial charge on any atom is 0.182 e. The van der Waals surface area contributed by atoms with Crippen LogP contribution in [0.15, 0.2) is 29.6 Å². The van der Waals surface area contributed by atoms with Gasteiger partial charge in [-0.25, -0.2) is 4.98 Å². The summed E-state index contributed by atoms with van der Waals surface area (Å²) in [6, 6.07) is 7.98. The maximum atomic E-state index is 5.83. The second kappa shape index (κ2) is 5.32. The van der Waals surface area contributed by atoms with Crippen molar-refractivity contribution in [2.75, 3.05) is 12.4 Å². The molecule has 0 saturated carbocycles. The third-order valence-electron chi connectivity index (χ3n) is 2.35. The second-order valence-corrected chi connectivity index (χ2v) is 4.82. The lowest BCUT2D eigenvalue weighted by molar-refractivity contribution is 0.926. The van der Waals surface area contributed by atoms with Crippen LogP contribution in [0.4, 0.5) is 5.13 Å². The number of nitrogens with one attached hydrogen (secondary N) is 1. The SMILES string of the molecule is CNc1nc(CCc2ccc(Cl)cc2)cs1. The average molecular weight is 253 g/mol. The molecule has 84 valence electrons. The molecule has 4 heteroatoms. The highest BCUT2D eigenvalue weighted by Gasteiger charge is 2.01. The fraction of sp³-hybridized carbons (Fsp3) is 0.250. The van der Waals surface area contributed by atoms with Gasteiger partial charge in [-0.3, -0.25) is 0 Å². The Morgan fingerprint density at radius 1 is 1.25 bits per heavy atom. The van der Waals surface area contributed by atoms with E-state index in [1.807, 2.05) is 19.2 Å². The smallest absolute Gasteiger partial charge is 0.182 e. The van der Waals surface area contributed by atoms with Gasteiger partial charge in [0.05, 0.1) is 5.69 Å². The van der Waals surface area contributed by atoms with Crippen LogP contribution in [-0.2, 0) is 12.8 Å². The molecule has 0 spiro atoms. The molecule has 0 unspecified atom stereocenters. The second-order valence-electron chi connectivity index (χ2n) is 3.52. The van der Waals surface area contributed by atoms with E-state index in [0.717, 1.165) is 28.7 Å². The van der Waals surface area contributed by atoms with Crippen molar-refractivity contribution in [1.29, 1.82) is 0 Å². The standard InChI is InChI=1S/C12H13ClN2S/c1-14-12-15-11(8-16-12)7-4-9-2-5-10(13)6-3-9/h2-3,5-6,8H,4,7H2,1H3,(H,14,15). The Morgan fingerprint density at radius 2 is 2.00 bits per heavy atom. The Bertz CT molecular complexity index is 450. The number of hydrogen-bond donors (Lipinski definition) is 1. The van der Waals surface area contributed by atoms with Gasteiger partial charge in [-0.05, 0) is 30.5 Å². The lowest BCUT2D eigenvalue weighted by atomic mass is 10.1. The Kier molecular flexibility index (Phi) is 3.80. The number of rotatable bonds is 4. The first-order valence-electron chi connectivity index (χ1n) is 5.14. The zero-order valence-electron chi connectivity index (χ0n) is 9.03. The molecule has 0 aliphatic carbocycles. The zero-order chi connectivity index (χ0) is 11.4. The van der Waals surface area contributed by atoms with Crippen LogP contribution in [0.25, 0.3) is 0 Å². The first-order chi connectivity index (χ1) is 7.78. The summed E-state index contributed by atoms with van der Waals surface area (Å²) in [4.78, 5) is 4.44. The van der Waals surface area contributed by atoms with E-state index in [1.165, 1.54) is 5.56 Å². The number of aromatic nitrogens is 1. The Morgan fingerprint density at radius 3 is 2.62 bits per heavy atom. The van der Waals surface area contributed by atoms with Gasteiger partial charge in [0.2, 0.25) is 0 Å². The van der Waals surface area contributed by atoms with E-state index in [-0.39, 0.29) is 0 Å². The molecule has 2 aromatic rings. The van der Waals surface area contributed by atoms with Crippen LogP contribution in [-0.4, -0.2) is 12.0 Å². The minimum atomic E-state index is 0.787. The summed E-state index contributed by atoms with van der Waals surface area (Å²) in [7, 11) is 1.89. The van der Waals surface area contributed by atoms with Crippen molar-refractivity contribution in [2.24, 2.45) is 0 Å². The van der Waals surface area contributed by atoms with Crippen LogP contribution < -0.4 is 5.32 Å². The summed E-state index contributed by atoms with van der Waals surface area (Å²) in [5, 5.41) is 6.91. The predicted octanol–water partition coefficient (Wildman–Crippen LogP) is 3.62. The predicted molar refractivity (Wildman–Crippen MR) is 70.5 cm³/mol. The molecule has 0 radical (unpaired) electrons. The number of benzene rings is 1. The fourth-order valence-corrected chi connectivity index (χ4v) is 2.29. The van der Waals surface area contributed by atoms with Crippen LogP contribution in [0, 0.1) is 0 Å². The van der Waals surface area contributed by atoms with Gasteiger partial charge in [0.25, 0.3) is 0 Å². The molecule has 16 heavy (non-hydrogen) atoms. The highest BCUT2D eigenvalue weighted by atomic mass is 35.5. The Labute approximate surface area is 104 Å². The number of thiazole rings is 1. The van der Waals surface area contributed by atoms with E-state index in [1.54, 1.807) is 11.3 Å². The van der Waals surface area contributed by atoms with E-state index in [4.69, 9.17) is 11.6 Å². The Balaban J connectivity index is 1.94. The van der Waals surface area contributed by atoms with Gasteiger partial charge in [-0.2, -0.15) is 0 Å². The summed E-state index contributed by atoms with van der Waals surface area (Å²) >= 11 is 7.48. The van der Waals surface area contributed by atoms with E-state index in [9.17, 15) is 0 Å². The monoisotopic (exact) mass is 252 g/mol. The summed E-state index contributed by atoms with van der Waals surface area (Å²) in [6.07, 6.45) is 1.98. The summed E-state index contributed by atoms with van der Waals surface area (Å²) in [5.41, 5.74) is 2.44. The molecule has 0 fully saturated rings. The van der Waals surface area contributed by atoms with Crippen LogP contribution >= 0.6 is 22.9 Å². The van der Waals surface area contributed by atoms with E-state index in [0.29, 0.717) is 0 Å². The van der Waals surface area contributed by atoms with E-state index >= 15 is 0 Å². The van der Waals surface area contributed by atoms with Gasteiger partial charge in [-0.15, -0.1) is 11.3 Å². The average Bonchev–Trinajstić information content (AvgIpc) is 2.76. The number of anilines is 1. The minimum Gasteiger partial charge on any atom is -0.365 e. The van der Waals surface area contributed by atoms with E-state index in [2.05, 4.69) is 27.8 Å². The fourth-order valence-electron chi connectivity index (χ4n) is 1.46. The van der Waals surface area contributed by atoms with Gasteiger partial charge in [0, 0.05) is 17.5 Å². The van der Waals surface area contributed by atoms with Crippen molar-refractivity contribution in [3.05, 3.63) is 45.9 Å². The molecular formula is C12H13ClN2S. The molecule has 1 aromatic heterocycles. The lowest BCUT2D eigenvalue weighted by Gasteiger charge is -1.99. The molecule has 2 rings (SSSR count). The molecule has 2 nitrogen and oxygen atoms in total. The molecule has 0 amide bonds. The molecule has 0 aliphatic rings. The van der Waals surface area contributed by atoms with Crippen molar-refractivity contribution in [1.82, 2.24) is 4.98 Å². The topological polar surface area (TPSA) is 24.9 Å². The summed E-state index contributed by atoms with van der Waals surface area (Å²) in [6.45, 7) is 0. The van der Waals surface area contributed by atoms with Crippen LogP contribution in [0.2, 0.25) is 5.02 Å². The maximum absolute atomic E-state index is 5.83. The van der Waals surface area contributed by atoms with Crippen molar-refractivity contribution in [3.8, 4) is 0 Å². The van der Waals surface area contributed by atoms with Crippen molar-refractivity contribution >= 4 is 28.1 Å². The van der Waals surface area contributed by atoms with Crippen LogP contribution in [0.5, 0.6) is 0 Å². The first-order valence-corrected chi connectivity index (χ1v) is 6.40. The molecule has 1 N–H and O–H groups in total. The molecule has 0 saturated heterocycles. The first kappa shape index (κ1) is 11.4. The van der Waals surface area contributed by atoms with Gasteiger partial charge in [0.1, 0.15) is 0 Å². The molecule has 0 aliphatic heterocycles. The third kappa shape index (κ3) is 2.97. The number of hydrogen-bond acceptors (Lipinski definition) is 3. The number of halogens is 1. The van der Waals surface area contributed by atoms with Crippen molar-refractivity contribution < 1.29 is 0 Å². The quantitative estimate of drug-likeness (QED) is 0.899. The normalized spacial score (nSPS) is 10.4. The minimum absolute atomic E-state index is 0.787. The van der Waals surface area contributed by atoms with Crippen molar-refractivity contribution in [2.45, 2.75) is 12.8 Å². The van der Waals surface area contributed by atoms with Gasteiger partial charge < -0.3 is 5.32 Å².